The molecule has 0 aliphatic heterocycles. The van der Waals surface area contributed by atoms with Gasteiger partial charge in [0.05, 0.1) is 6.42 Å². The number of carboxylic acids is 1. The monoisotopic (exact) mass is 302 g/mol. The number of aliphatic carboxylic acids is 1. The van der Waals surface area contributed by atoms with Gasteiger partial charge < -0.3 is 9.84 Å². The summed E-state index contributed by atoms with van der Waals surface area (Å²) in [6.45, 7) is -1.37. The van der Waals surface area contributed by atoms with Crippen LogP contribution in [0.3, 0.4) is 0 Å². The highest BCUT2D eigenvalue weighted by Crippen LogP contribution is 2.61. The average Bonchev–Trinajstić information content (AvgIpc) is 2.34. The van der Waals surface area contributed by atoms with Gasteiger partial charge in [0.1, 0.15) is 0 Å². The van der Waals surface area contributed by atoms with Crippen molar-refractivity contribution in [3.8, 4) is 0 Å². The molecular formula is C15H20F2O4. The summed E-state index contributed by atoms with van der Waals surface area (Å²) < 4.78 is 30.4. The molecular weight excluding hydrogens is 282 g/mol. The lowest BCUT2D eigenvalue weighted by Gasteiger charge is -2.56. The number of rotatable bonds is 5. The van der Waals surface area contributed by atoms with Crippen molar-refractivity contribution < 1.29 is 28.2 Å². The van der Waals surface area contributed by atoms with Gasteiger partial charge in [0, 0.05) is 0 Å². The minimum Gasteiger partial charge on any atom is -0.477 e. The molecule has 0 spiro atoms. The molecule has 4 nitrogen and oxygen atoms in total. The molecule has 0 unspecified atom stereocenters. The Hall–Kier alpha value is -1.20. The van der Waals surface area contributed by atoms with Crippen LogP contribution in [0, 0.1) is 23.2 Å². The molecule has 6 heteroatoms. The highest BCUT2D eigenvalue weighted by atomic mass is 19.3. The summed E-state index contributed by atoms with van der Waals surface area (Å²) in [6.07, 6.45) is 6.85. The van der Waals surface area contributed by atoms with Crippen LogP contribution in [0.15, 0.2) is 0 Å². The number of carbonyl (C=O) groups excluding carboxylic acids is 1. The van der Waals surface area contributed by atoms with E-state index in [1.165, 1.54) is 19.3 Å². The normalized spacial score (nSPS) is 37.5. The standard InChI is InChI=1S/C15H20F2O4/c16-15(17,13(19)20)8-21-12(18)7-14-4-9-1-10(5-14)3-11(2-9)6-14/h9-11H,1-8H2,(H,19,20). The number of esters is 1. The summed E-state index contributed by atoms with van der Waals surface area (Å²) in [5, 5.41) is 8.32. The Bertz CT molecular complexity index is 425. The van der Waals surface area contributed by atoms with Crippen LogP contribution in [-0.2, 0) is 14.3 Å². The molecule has 4 bridgehead atoms. The molecule has 0 radical (unpaired) electrons. The number of hydrogen-bond donors (Lipinski definition) is 1. The van der Waals surface area contributed by atoms with E-state index >= 15 is 0 Å². The SMILES string of the molecule is O=C(CC12CC3CC(CC(C3)C1)C2)OCC(F)(F)C(=O)O. The van der Waals surface area contributed by atoms with Crippen LogP contribution >= 0.6 is 0 Å². The molecule has 0 aromatic heterocycles. The molecule has 0 amide bonds. The maximum Gasteiger partial charge on any atom is 0.378 e. The maximum atomic E-state index is 12.9. The third-order valence-electron chi connectivity index (χ3n) is 5.41. The molecule has 4 fully saturated rings. The van der Waals surface area contributed by atoms with E-state index in [2.05, 4.69) is 4.74 Å². The van der Waals surface area contributed by atoms with Crippen LogP contribution < -0.4 is 0 Å². The Morgan fingerprint density at radius 1 is 1.10 bits per heavy atom. The van der Waals surface area contributed by atoms with Gasteiger partial charge in [-0.1, -0.05) is 0 Å². The van der Waals surface area contributed by atoms with Crippen molar-refractivity contribution in [1.82, 2.24) is 0 Å². The van der Waals surface area contributed by atoms with Gasteiger partial charge in [-0.15, -0.1) is 0 Å². The summed E-state index contributed by atoms with van der Waals surface area (Å²) >= 11 is 0. The molecule has 4 rings (SSSR count). The average molecular weight is 302 g/mol. The Morgan fingerprint density at radius 2 is 1.57 bits per heavy atom. The van der Waals surface area contributed by atoms with Crippen molar-refractivity contribution in [3.63, 3.8) is 0 Å². The van der Waals surface area contributed by atoms with E-state index in [1.807, 2.05) is 0 Å². The Labute approximate surface area is 121 Å². The van der Waals surface area contributed by atoms with Crippen LogP contribution in [0.5, 0.6) is 0 Å². The van der Waals surface area contributed by atoms with Crippen LogP contribution in [-0.4, -0.2) is 29.6 Å². The van der Waals surface area contributed by atoms with Crippen LogP contribution in [0.25, 0.3) is 0 Å². The lowest BCUT2D eigenvalue weighted by Crippen LogP contribution is -2.47. The zero-order chi connectivity index (χ0) is 15.3. The number of hydrogen-bond acceptors (Lipinski definition) is 3. The van der Waals surface area contributed by atoms with E-state index < -0.39 is 24.5 Å². The van der Waals surface area contributed by atoms with Gasteiger partial charge >= 0.3 is 17.9 Å². The highest BCUT2D eigenvalue weighted by Gasteiger charge is 2.52. The van der Waals surface area contributed by atoms with Crippen LogP contribution in [0.4, 0.5) is 8.78 Å². The minimum atomic E-state index is -4.00. The lowest BCUT2D eigenvalue weighted by molar-refractivity contribution is -0.179. The number of halogens is 2. The Morgan fingerprint density at radius 3 is 2.00 bits per heavy atom. The molecule has 0 heterocycles. The van der Waals surface area contributed by atoms with Crippen molar-refractivity contribution in [2.24, 2.45) is 23.2 Å². The zero-order valence-corrected chi connectivity index (χ0v) is 11.8. The van der Waals surface area contributed by atoms with Gasteiger partial charge in [-0.05, 0) is 61.7 Å². The smallest absolute Gasteiger partial charge is 0.378 e. The summed E-state index contributed by atoms with van der Waals surface area (Å²) in [4.78, 5) is 22.2. The molecule has 1 N–H and O–H groups in total. The second-order valence-corrected chi connectivity index (χ2v) is 7.26. The van der Waals surface area contributed by atoms with Crippen LogP contribution in [0.2, 0.25) is 0 Å². The third-order valence-corrected chi connectivity index (χ3v) is 5.41. The van der Waals surface area contributed by atoms with Crippen molar-refractivity contribution in [2.45, 2.75) is 50.9 Å². The first-order valence-corrected chi connectivity index (χ1v) is 7.55. The van der Waals surface area contributed by atoms with Crippen molar-refractivity contribution in [3.05, 3.63) is 0 Å². The number of ether oxygens (including phenoxy) is 1. The largest absolute Gasteiger partial charge is 0.477 e. The van der Waals surface area contributed by atoms with E-state index in [4.69, 9.17) is 5.11 Å². The first-order chi connectivity index (χ1) is 9.78. The lowest BCUT2D eigenvalue weighted by atomic mass is 9.49. The predicted octanol–water partition coefficient (Wildman–Crippen LogP) is 2.86. The number of carboxylic acid groups (broad SMARTS) is 1. The molecule has 0 saturated heterocycles. The van der Waals surface area contributed by atoms with Crippen LogP contribution in [0.1, 0.15) is 44.9 Å². The van der Waals surface area contributed by atoms with E-state index in [0.29, 0.717) is 17.8 Å². The molecule has 4 aliphatic rings. The first kappa shape index (κ1) is 14.7. The van der Waals surface area contributed by atoms with Gasteiger partial charge in [0.2, 0.25) is 0 Å². The summed E-state index contributed by atoms with van der Waals surface area (Å²) in [5.74, 6) is -4.93. The second kappa shape index (κ2) is 4.92. The topological polar surface area (TPSA) is 63.6 Å². The van der Waals surface area contributed by atoms with Gasteiger partial charge in [-0.2, -0.15) is 8.78 Å². The summed E-state index contributed by atoms with van der Waals surface area (Å²) in [5.41, 5.74) is -0.0790. The zero-order valence-electron chi connectivity index (χ0n) is 11.8. The molecule has 4 aliphatic carbocycles. The molecule has 21 heavy (non-hydrogen) atoms. The molecule has 0 atom stereocenters. The Kier molecular flexibility index (Phi) is 3.45. The van der Waals surface area contributed by atoms with Gasteiger partial charge in [-0.25, -0.2) is 4.79 Å². The van der Waals surface area contributed by atoms with Gasteiger partial charge in [0.15, 0.2) is 6.61 Å². The highest BCUT2D eigenvalue weighted by molar-refractivity contribution is 5.76. The quantitative estimate of drug-likeness (QED) is 0.793. The summed E-state index contributed by atoms with van der Waals surface area (Å²) in [6, 6.07) is 0. The number of carbonyl (C=O) groups is 2. The van der Waals surface area contributed by atoms with Crippen molar-refractivity contribution >= 4 is 11.9 Å². The fraction of sp³-hybridized carbons (Fsp3) is 0.867. The molecule has 0 aromatic carbocycles. The van der Waals surface area contributed by atoms with Gasteiger partial charge in [-0.3, -0.25) is 4.79 Å². The fourth-order valence-electron chi connectivity index (χ4n) is 5.10. The van der Waals surface area contributed by atoms with Crippen molar-refractivity contribution in [2.75, 3.05) is 6.61 Å². The Balaban J connectivity index is 1.57. The van der Waals surface area contributed by atoms with E-state index in [1.54, 1.807) is 0 Å². The number of alkyl halides is 2. The maximum absolute atomic E-state index is 12.9. The minimum absolute atomic E-state index is 0.0790. The van der Waals surface area contributed by atoms with E-state index in [-0.39, 0.29) is 11.8 Å². The first-order valence-electron chi connectivity index (χ1n) is 7.55. The molecule has 118 valence electrons. The fourth-order valence-corrected chi connectivity index (χ4v) is 5.10. The third kappa shape index (κ3) is 2.90. The molecule has 4 saturated carbocycles. The summed E-state index contributed by atoms with van der Waals surface area (Å²) in [7, 11) is 0. The second-order valence-electron chi connectivity index (χ2n) is 7.26. The molecule has 0 aromatic rings. The van der Waals surface area contributed by atoms with E-state index in [9.17, 15) is 18.4 Å². The van der Waals surface area contributed by atoms with Crippen molar-refractivity contribution in [1.29, 1.82) is 0 Å². The predicted molar refractivity (Wildman–Crippen MR) is 68.8 cm³/mol. The van der Waals surface area contributed by atoms with Gasteiger partial charge in [0.25, 0.3) is 0 Å². The van der Waals surface area contributed by atoms with E-state index in [0.717, 1.165) is 19.3 Å².